The summed E-state index contributed by atoms with van der Waals surface area (Å²) in [4.78, 5) is 10.9. The number of rotatable bonds is 4. The lowest BCUT2D eigenvalue weighted by molar-refractivity contribution is -0.151. The molecule has 0 heterocycles. The van der Waals surface area contributed by atoms with Crippen LogP contribution in [0, 0.1) is 0 Å². The summed E-state index contributed by atoms with van der Waals surface area (Å²) in [5, 5.41) is 17.1. The largest absolute Gasteiger partial charge is 0.455 e. The van der Waals surface area contributed by atoms with E-state index in [4.69, 9.17) is 10.2 Å². The third-order valence-electron chi connectivity index (χ3n) is 0.955. The zero-order valence-corrected chi connectivity index (χ0v) is 8.73. The lowest BCUT2D eigenvalue weighted by Crippen LogP contribution is -2.32. The van der Waals surface area contributed by atoms with Gasteiger partial charge in [0, 0.05) is 0 Å². The molecule has 4 nitrogen and oxygen atoms in total. The van der Waals surface area contributed by atoms with Crippen molar-refractivity contribution in [1.82, 2.24) is 0 Å². The number of aliphatic hydroxyl groups excluding tert-OH is 2. The predicted octanol–water partition coefficient (Wildman–Crippen LogP) is -0.674. The minimum Gasteiger partial charge on any atom is -0.455 e. The highest BCUT2D eigenvalue weighted by atomic mass is 32.2. The standard InChI is InChI=1S/C5H10O4S3/c6-1-3(2-7)9-4(8)5(10,11)12/h3,6-7,10-12H,1-2H2. The molecule has 0 radical (unpaired) electrons. The van der Waals surface area contributed by atoms with Crippen LogP contribution in [0.3, 0.4) is 0 Å². The number of hydrogen-bond donors (Lipinski definition) is 5. The smallest absolute Gasteiger partial charge is 0.342 e. The summed E-state index contributed by atoms with van der Waals surface area (Å²) < 4.78 is 3.03. The first-order valence-electron chi connectivity index (χ1n) is 3.01. The number of carbonyl (C=O) groups excluding carboxylic acids is 1. The van der Waals surface area contributed by atoms with E-state index < -0.39 is 28.7 Å². The van der Waals surface area contributed by atoms with Crippen LogP contribution in [0.5, 0.6) is 0 Å². The summed E-state index contributed by atoms with van der Waals surface area (Å²) >= 11 is 11.1. The number of aliphatic hydroxyl groups is 2. The van der Waals surface area contributed by atoms with Gasteiger partial charge >= 0.3 is 5.97 Å². The van der Waals surface area contributed by atoms with Crippen LogP contribution in [0.1, 0.15) is 0 Å². The van der Waals surface area contributed by atoms with Crippen molar-refractivity contribution in [3.63, 3.8) is 0 Å². The lowest BCUT2D eigenvalue weighted by Gasteiger charge is -2.18. The average Bonchev–Trinajstić information content (AvgIpc) is 1.97. The fourth-order valence-electron chi connectivity index (χ4n) is 0.363. The molecule has 0 fully saturated rings. The Hall–Kier alpha value is 0.440. The van der Waals surface area contributed by atoms with E-state index in [1.54, 1.807) is 0 Å². The van der Waals surface area contributed by atoms with E-state index in [0.717, 1.165) is 0 Å². The van der Waals surface area contributed by atoms with Gasteiger partial charge in [-0.15, -0.1) is 37.9 Å². The Morgan fingerprint density at radius 3 is 2.00 bits per heavy atom. The molecule has 0 aliphatic carbocycles. The van der Waals surface area contributed by atoms with Gasteiger partial charge in [-0.3, -0.25) is 0 Å². The second-order valence-corrected chi connectivity index (χ2v) is 5.10. The fourth-order valence-corrected chi connectivity index (χ4v) is 0.521. The molecule has 7 heteroatoms. The van der Waals surface area contributed by atoms with Gasteiger partial charge in [-0.25, -0.2) is 4.79 Å². The number of carbonyl (C=O) groups is 1. The van der Waals surface area contributed by atoms with Gasteiger partial charge in [0.15, 0.2) is 3.41 Å². The lowest BCUT2D eigenvalue weighted by atomic mass is 10.4. The Morgan fingerprint density at radius 2 is 1.75 bits per heavy atom. The first kappa shape index (κ1) is 12.4. The van der Waals surface area contributed by atoms with E-state index in [1.165, 1.54) is 0 Å². The monoisotopic (exact) mass is 230 g/mol. The number of hydrogen-bond acceptors (Lipinski definition) is 7. The number of thiol groups is 3. The van der Waals surface area contributed by atoms with E-state index in [2.05, 4.69) is 42.6 Å². The van der Waals surface area contributed by atoms with Crippen LogP contribution in [0.4, 0.5) is 0 Å². The van der Waals surface area contributed by atoms with Crippen molar-refractivity contribution in [1.29, 1.82) is 0 Å². The van der Waals surface area contributed by atoms with Crippen molar-refractivity contribution < 1.29 is 19.7 Å². The quantitative estimate of drug-likeness (QED) is 0.252. The zero-order valence-electron chi connectivity index (χ0n) is 6.04. The third-order valence-corrected chi connectivity index (χ3v) is 1.50. The molecule has 0 aliphatic heterocycles. The van der Waals surface area contributed by atoms with Crippen LogP contribution >= 0.6 is 37.9 Å². The van der Waals surface area contributed by atoms with Crippen molar-refractivity contribution in [2.24, 2.45) is 0 Å². The fraction of sp³-hybridized carbons (Fsp3) is 0.800. The molecule has 0 saturated carbocycles. The van der Waals surface area contributed by atoms with Gasteiger partial charge in [-0.2, -0.15) is 0 Å². The molecule has 12 heavy (non-hydrogen) atoms. The molecule has 0 aliphatic rings. The first-order valence-corrected chi connectivity index (χ1v) is 4.36. The van der Waals surface area contributed by atoms with Crippen LogP contribution in [0.25, 0.3) is 0 Å². The van der Waals surface area contributed by atoms with Crippen LogP contribution in [-0.4, -0.2) is 38.9 Å². The van der Waals surface area contributed by atoms with E-state index in [1.807, 2.05) is 0 Å². The molecule has 0 rings (SSSR count). The molecule has 0 spiro atoms. The van der Waals surface area contributed by atoms with Gasteiger partial charge in [0.1, 0.15) is 6.10 Å². The summed E-state index contributed by atoms with van der Waals surface area (Å²) in [5.74, 6) is -0.828. The topological polar surface area (TPSA) is 66.8 Å². The van der Waals surface area contributed by atoms with Crippen molar-refractivity contribution in [2.45, 2.75) is 9.52 Å². The molecule has 0 aromatic rings. The Balaban J connectivity index is 3.99. The molecule has 0 aromatic heterocycles. The SMILES string of the molecule is O=C(OC(CO)CO)C(S)(S)S. The van der Waals surface area contributed by atoms with E-state index in [9.17, 15) is 4.79 Å². The van der Waals surface area contributed by atoms with Crippen LogP contribution in [0.2, 0.25) is 0 Å². The van der Waals surface area contributed by atoms with Gasteiger partial charge in [-0.05, 0) is 0 Å². The van der Waals surface area contributed by atoms with E-state index in [0.29, 0.717) is 0 Å². The maximum absolute atomic E-state index is 10.9. The molecule has 0 bridgehead atoms. The highest BCUT2D eigenvalue weighted by Gasteiger charge is 2.29. The van der Waals surface area contributed by atoms with Crippen molar-refractivity contribution in [3.05, 3.63) is 0 Å². The summed E-state index contributed by atoms with van der Waals surface area (Å²) in [6.07, 6.45) is -0.941. The molecule has 0 saturated heterocycles. The molecule has 0 amide bonds. The molecular formula is C5H10O4S3. The highest BCUT2D eigenvalue weighted by Crippen LogP contribution is 2.26. The van der Waals surface area contributed by atoms with Crippen LogP contribution in [-0.2, 0) is 9.53 Å². The highest BCUT2D eigenvalue weighted by molar-refractivity contribution is 8.18. The molecule has 2 N–H and O–H groups in total. The summed E-state index contributed by atoms with van der Waals surface area (Å²) in [6.45, 7) is -0.901. The maximum atomic E-state index is 10.9. The predicted molar refractivity (Wildman–Crippen MR) is 53.7 cm³/mol. The second-order valence-electron chi connectivity index (χ2n) is 2.03. The minimum atomic E-state index is -1.51. The van der Waals surface area contributed by atoms with Crippen molar-refractivity contribution in [3.8, 4) is 0 Å². The van der Waals surface area contributed by atoms with Gasteiger partial charge < -0.3 is 14.9 Å². The number of ether oxygens (including phenoxy) is 1. The Morgan fingerprint density at radius 1 is 1.33 bits per heavy atom. The molecule has 72 valence electrons. The first-order chi connectivity index (χ1) is 5.41. The number of esters is 1. The second kappa shape index (κ2) is 5.23. The summed E-state index contributed by atoms with van der Waals surface area (Å²) in [6, 6.07) is 0. The summed E-state index contributed by atoms with van der Waals surface area (Å²) in [5.41, 5.74) is 0. The Kier molecular flexibility index (Phi) is 5.42. The summed E-state index contributed by atoms with van der Waals surface area (Å²) in [7, 11) is 0. The van der Waals surface area contributed by atoms with Crippen LogP contribution < -0.4 is 0 Å². The van der Waals surface area contributed by atoms with Crippen molar-refractivity contribution >= 4 is 43.9 Å². The van der Waals surface area contributed by atoms with Crippen molar-refractivity contribution in [2.75, 3.05) is 13.2 Å². The van der Waals surface area contributed by atoms with Gasteiger partial charge in [0.25, 0.3) is 0 Å². The minimum absolute atomic E-state index is 0.451. The van der Waals surface area contributed by atoms with Gasteiger partial charge in [0.05, 0.1) is 13.2 Å². The molecule has 0 aromatic carbocycles. The van der Waals surface area contributed by atoms with Gasteiger partial charge in [0.2, 0.25) is 0 Å². The van der Waals surface area contributed by atoms with E-state index in [-0.39, 0.29) is 0 Å². The molecule has 0 atom stereocenters. The van der Waals surface area contributed by atoms with Crippen LogP contribution in [0.15, 0.2) is 0 Å². The molecule has 0 unspecified atom stereocenters. The van der Waals surface area contributed by atoms with Gasteiger partial charge in [-0.1, -0.05) is 0 Å². The third kappa shape index (κ3) is 4.46. The molecular weight excluding hydrogens is 220 g/mol. The van der Waals surface area contributed by atoms with E-state index >= 15 is 0 Å². The normalized spacial score (nSPS) is 11.8. The maximum Gasteiger partial charge on any atom is 0.342 e. The Labute approximate surface area is 86.5 Å². The zero-order chi connectivity index (χ0) is 9.78. The Bertz CT molecular complexity index is 151. The average molecular weight is 230 g/mol.